The van der Waals surface area contributed by atoms with Crippen LogP contribution in [0.1, 0.15) is 18.2 Å². The molecular formula is C22H27IN4O3. The summed E-state index contributed by atoms with van der Waals surface area (Å²) in [5.41, 5.74) is 2.73. The SMILES string of the molecule is CN=C(NCCOc1cccc(NC(C)=O)c1)NCc1oc2ccccc2c1C.I. The number of hydrogen-bond acceptors (Lipinski definition) is 4. The molecule has 2 aromatic carbocycles. The van der Waals surface area contributed by atoms with Crippen molar-refractivity contribution in [3.05, 3.63) is 59.9 Å². The number of carbonyl (C=O) groups is 1. The van der Waals surface area contributed by atoms with Crippen LogP contribution >= 0.6 is 24.0 Å². The van der Waals surface area contributed by atoms with Gasteiger partial charge in [-0.25, -0.2) is 0 Å². The summed E-state index contributed by atoms with van der Waals surface area (Å²) in [5, 5.41) is 10.3. The van der Waals surface area contributed by atoms with Crippen molar-refractivity contribution in [2.45, 2.75) is 20.4 Å². The number of aryl methyl sites for hydroxylation is 1. The average molecular weight is 522 g/mol. The molecule has 8 heteroatoms. The molecule has 160 valence electrons. The molecule has 1 heterocycles. The number of aliphatic imine (C=N–C) groups is 1. The number of benzene rings is 2. The molecule has 7 nitrogen and oxygen atoms in total. The molecule has 3 rings (SSSR count). The van der Waals surface area contributed by atoms with Gasteiger partial charge in [-0.05, 0) is 25.1 Å². The molecule has 0 bridgehead atoms. The highest BCUT2D eigenvalue weighted by Gasteiger charge is 2.10. The van der Waals surface area contributed by atoms with E-state index in [1.165, 1.54) is 6.92 Å². The van der Waals surface area contributed by atoms with Crippen LogP contribution in [0.3, 0.4) is 0 Å². The van der Waals surface area contributed by atoms with Crippen molar-refractivity contribution in [2.75, 3.05) is 25.5 Å². The number of para-hydroxylation sites is 1. The zero-order valence-electron chi connectivity index (χ0n) is 17.3. The smallest absolute Gasteiger partial charge is 0.221 e. The van der Waals surface area contributed by atoms with E-state index < -0.39 is 0 Å². The van der Waals surface area contributed by atoms with Crippen molar-refractivity contribution in [1.82, 2.24) is 10.6 Å². The van der Waals surface area contributed by atoms with Crippen LogP contribution < -0.4 is 20.7 Å². The molecule has 0 radical (unpaired) electrons. The largest absolute Gasteiger partial charge is 0.492 e. The van der Waals surface area contributed by atoms with E-state index in [9.17, 15) is 4.79 Å². The number of amides is 1. The zero-order chi connectivity index (χ0) is 20.6. The van der Waals surface area contributed by atoms with E-state index in [0.29, 0.717) is 37.1 Å². The molecule has 0 saturated carbocycles. The summed E-state index contributed by atoms with van der Waals surface area (Å²) in [5.74, 6) is 2.14. The maximum absolute atomic E-state index is 11.1. The fourth-order valence-electron chi connectivity index (χ4n) is 2.98. The number of rotatable bonds is 7. The Bertz CT molecular complexity index is 1020. The zero-order valence-corrected chi connectivity index (χ0v) is 19.7. The summed E-state index contributed by atoms with van der Waals surface area (Å²) in [6.45, 7) is 5.10. The van der Waals surface area contributed by atoms with Crippen molar-refractivity contribution in [3.8, 4) is 5.75 Å². The second kappa shape index (κ2) is 11.4. The number of nitrogens with zero attached hydrogens (tertiary/aromatic N) is 1. The van der Waals surface area contributed by atoms with Crippen LogP contribution in [0.15, 0.2) is 57.9 Å². The lowest BCUT2D eigenvalue weighted by molar-refractivity contribution is -0.114. The van der Waals surface area contributed by atoms with Gasteiger partial charge in [0.1, 0.15) is 23.7 Å². The Morgan fingerprint density at radius 3 is 2.67 bits per heavy atom. The van der Waals surface area contributed by atoms with Gasteiger partial charge >= 0.3 is 0 Å². The number of hydrogen-bond donors (Lipinski definition) is 3. The van der Waals surface area contributed by atoms with Gasteiger partial charge in [0.15, 0.2) is 5.96 Å². The van der Waals surface area contributed by atoms with Crippen molar-refractivity contribution < 1.29 is 13.9 Å². The number of fused-ring (bicyclic) bond motifs is 1. The van der Waals surface area contributed by atoms with Crippen LogP contribution in [0.2, 0.25) is 0 Å². The van der Waals surface area contributed by atoms with E-state index >= 15 is 0 Å². The topological polar surface area (TPSA) is 87.9 Å². The minimum Gasteiger partial charge on any atom is -0.492 e. The van der Waals surface area contributed by atoms with Crippen LogP contribution in [0.5, 0.6) is 5.75 Å². The monoisotopic (exact) mass is 522 g/mol. The minimum absolute atomic E-state index is 0. The third-order valence-electron chi connectivity index (χ3n) is 4.40. The Kier molecular flexibility index (Phi) is 8.97. The first-order valence-corrected chi connectivity index (χ1v) is 9.49. The number of carbonyl (C=O) groups excluding carboxylic acids is 1. The predicted octanol–water partition coefficient (Wildman–Crippen LogP) is 4.06. The maximum atomic E-state index is 11.1. The fraction of sp³-hybridized carbons (Fsp3) is 0.273. The van der Waals surface area contributed by atoms with Gasteiger partial charge in [-0.1, -0.05) is 24.3 Å². The van der Waals surface area contributed by atoms with E-state index in [-0.39, 0.29) is 29.9 Å². The molecule has 0 spiro atoms. The number of furan rings is 1. The molecule has 0 aliphatic rings. The third-order valence-corrected chi connectivity index (χ3v) is 4.40. The Balaban J connectivity index is 0.00000320. The molecule has 0 saturated heterocycles. The molecule has 0 aliphatic heterocycles. The van der Waals surface area contributed by atoms with Gasteiger partial charge in [0.05, 0.1) is 13.1 Å². The summed E-state index contributed by atoms with van der Waals surface area (Å²) in [6.07, 6.45) is 0. The minimum atomic E-state index is -0.113. The molecule has 0 unspecified atom stereocenters. The molecule has 3 N–H and O–H groups in total. The van der Waals surface area contributed by atoms with Gasteiger partial charge in [-0.3, -0.25) is 9.79 Å². The molecule has 1 amide bonds. The van der Waals surface area contributed by atoms with Gasteiger partial charge < -0.3 is 25.1 Å². The average Bonchev–Trinajstić information content (AvgIpc) is 3.03. The Labute approximate surface area is 193 Å². The molecule has 0 atom stereocenters. The number of halogens is 1. The van der Waals surface area contributed by atoms with Crippen LogP contribution in [0.25, 0.3) is 11.0 Å². The first kappa shape index (κ1) is 23.5. The first-order chi connectivity index (χ1) is 14.1. The van der Waals surface area contributed by atoms with Gasteiger partial charge in [0.2, 0.25) is 5.91 Å². The lowest BCUT2D eigenvalue weighted by atomic mass is 10.1. The van der Waals surface area contributed by atoms with Crippen molar-refractivity contribution in [1.29, 1.82) is 0 Å². The summed E-state index contributed by atoms with van der Waals surface area (Å²) >= 11 is 0. The molecule has 0 aliphatic carbocycles. The summed E-state index contributed by atoms with van der Waals surface area (Å²) in [4.78, 5) is 15.4. The molecule has 30 heavy (non-hydrogen) atoms. The van der Waals surface area contributed by atoms with E-state index in [1.807, 2.05) is 36.4 Å². The maximum Gasteiger partial charge on any atom is 0.221 e. The Hall–Kier alpha value is -2.75. The Morgan fingerprint density at radius 1 is 1.13 bits per heavy atom. The Morgan fingerprint density at radius 2 is 1.93 bits per heavy atom. The fourth-order valence-corrected chi connectivity index (χ4v) is 2.98. The van der Waals surface area contributed by atoms with Crippen LogP contribution in [-0.4, -0.2) is 32.1 Å². The lowest BCUT2D eigenvalue weighted by Gasteiger charge is -2.12. The van der Waals surface area contributed by atoms with Crippen LogP contribution in [0.4, 0.5) is 5.69 Å². The van der Waals surface area contributed by atoms with E-state index in [1.54, 1.807) is 13.1 Å². The molecular weight excluding hydrogens is 495 g/mol. The molecule has 1 aromatic heterocycles. The second-order valence-electron chi connectivity index (χ2n) is 6.56. The van der Waals surface area contributed by atoms with Gasteiger partial charge in [-0.2, -0.15) is 0 Å². The van der Waals surface area contributed by atoms with Gasteiger partial charge in [0.25, 0.3) is 0 Å². The number of nitrogens with one attached hydrogen (secondary N) is 3. The van der Waals surface area contributed by atoms with Crippen molar-refractivity contribution in [3.63, 3.8) is 0 Å². The molecule has 0 fully saturated rings. The quantitative estimate of drug-likeness (QED) is 0.189. The number of guanidine groups is 1. The third kappa shape index (κ3) is 6.38. The second-order valence-corrected chi connectivity index (χ2v) is 6.56. The van der Waals surface area contributed by atoms with E-state index in [2.05, 4.69) is 33.9 Å². The first-order valence-electron chi connectivity index (χ1n) is 9.49. The van der Waals surface area contributed by atoms with Gasteiger partial charge in [0, 0.05) is 36.7 Å². The van der Waals surface area contributed by atoms with E-state index in [4.69, 9.17) is 9.15 Å². The highest BCUT2D eigenvalue weighted by Crippen LogP contribution is 2.24. The predicted molar refractivity (Wildman–Crippen MR) is 131 cm³/mol. The van der Waals surface area contributed by atoms with Crippen LogP contribution in [-0.2, 0) is 11.3 Å². The lowest BCUT2D eigenvalue weighted by Crippen LogP contribution is -2.38. The van der Waals surface area contributed by atoms with Crippen molar-refractivity contribution >= 4 is 52.5 Å². The molecule has 3 aromatic rings. The summed E-state index contributed by atoms with van der Waals surface area (Å²) in [7, 11) is 1.72. The normalized spacial score (nSPS) is 11.0. The summed E-state index contributed by atoms with van der Waals surface area (Å²) in [6, 6.07) is 15.3. The number of ether oxygens (including phenoxy) is 1. The van der Waals surface area contributed by atoms with Gasteiger partial charge in [-0.15, -0.1) is 24.0 Å². The standard InChI is InChI=1S/C22H26N4O3.HI/c1-15-19-9-4-5-10-20(19)29-21(15)14-25-22(23-3)24-11-12-28-18-8-6-7-17(13-18)26-16(2)27;/h4-10,13H,11-12,14H2,1-3H3,(H,26,27)(H2,23,24,25);1H. The summed E-state index contributed by atoms with van der Waals surface area (Å²) < 4.78 is 11.6. The van der Waals surface area contributed by atoms with Crippen LogP contribution in [0, 0.1) is 6.92 Å². The highest BCUT2D eigenvalue weighted by atomic mass is 127. The van der Waals surface area contributed by atoms with Crippen molar-refractivity contribution in [2.24, 2.45) is 4.99 Å². The highest BCUT2D eigenvalue weighted by molar-refractivity contribution is 14.0. The number of anilines is 1. The van der Waals surface area contributed by atoms with E-state index in [0.717, 1.165) is 22.3 Å².